The van der Waals surface area contributed by atoms with Crippen LogP contribution in [0.2, 0.25) is 5.02 Å². The van der Waals surface area contributed by atoms with Crippen LogP contribution >= 0.6 is 11.6 Å². The molecule has 0 amide bonds. The molecule has 0 unspecified atom stereocenters. The van der Waals surface area contributed by atoms with Crippen molar-refractivity contribution in [3.63, 3.8) is 0 Å². The predicted octanol–water partition coefficient (Wildman–Crippen LogP) is 3.06. The fraction of sp³-hybridized carbons (Fsp3) is 0.227. The second-order valence-corrected chi connectivity index (χ2v) is 7.96. The third-order valence-electron chi connectivity index (χ3n) is 5.60. The van der Waals surface area contributed by atoms with E-state index in [1.807, 2.05) is 47.9 Å². The number of hydrogen-bond acceptors (Lipinski definition) is 4. The minimum Gasteiger partial charge on any atom is -0.310 e. The molecule has 30 heavy (non-hydrogen) atoms. The van der Waals surface area contributed by atoms with Gasteiger partial charge in [0, 0.05) is 30.8 Å². The van der Waals surface area contributed by atoms with Gasteiger partial charge in [0.15, 0.2) is 11.2 Å². The van der Waals surface area contributed by atoms with E-state index in [2.05, 4.69) is 16.0 Å². The Morgan fingerprint density at radius 3 is 2.63 bits per heavy atom. The molecule has 0 radical (unpaired) electrons. The van der Waals surface area contributed by atoms with E-state index in [0.717, 1.165) is 16.8 Å². The van der Waals surface area contributed by atoms with Crippen molar-refractivity contribution in [3.05, 3.63) is 85.5 Å². The number of anilines is 2. The summed E-state index contributed by atoms with van der Waals surface area (Å²) in [5.41, 5.74) is 2.97. The highest BCUT2D eigenvalue weighted by Crippen LogP contribution is 2.32. The first-order valence-electron chi connectivity index (χ1n) is 9.73. The molecule has 152 valence electrons. The van der Waals surface area contributed by atoms with Gasteiger partial charge in [-0.2, -0.15) is 4.98 Å². The molecule has 0 N–H and O–H groups in total. The van der Waals surface area contributed by atoms with Crippen LogP contribution in [0.15, 0.2) is 58.1 Å². The average molecular weight is 422 g/mol. The molecular weight excluding hydrogens is 402 g/mol. The number of aryl methyl sites for hydroxylation is 2. The molecule has 0 bridgehead atoms. The van der Waals surface area contributed by atoms with Crippen molar-refractivity contribution in [2.24, 2.45) is 7.05 Å². The quantitative estimate of drug-likeness (QED) is 0.510. The average Bonchev–Trinajstić information content (AvgIpc) is 3.30. The summed E-state index contributed by atoms with van der Waals surface area (Å²) < 4.78 is 4.57. The number of fused-ring (bicyclic) bond motifs is 3. The highest BCUT2D eigenvalue weighted by atomic mass is 35.5. The van der Waals surface area contributed by atoms with Crippen LogP contribution in [0.25, 0.3) is 11.2 Å². The Balaban J connectivity index is 1.70. The Hall–Kier alpha value is -3.32. The Morgan fingerprint density at radius 1 is 1.07 bits per heavy atom. The van der Waals surface area contributed by atoms with E-state index in [1.54, 1.807) is 13.1 Å². The minimum absolute atomic E-state index is 0.114. The van der Waals surface area contributed by atoms with Crippen molar-refractivity contribution in [3.8, 4) is 0 Å². The zero-order valence-corrected chi connectivity index (χ0v) is 17.4. The topological polar surface area (TPSA) is 65.1 Å². The van der Waals surface area contributed by atoms with Crippen LogP contribution in [0.4, 0.5) is 11.6 Å². The van der Waals surface area contributed by atoms with E-state index in [0.29, 0.717) is 35.2 Å². The fourth-order valence-electron chi connectivity index (χ4n) is 4.05. The first-order chi connectivity index (χ1) is 14.5. The highest BCUT2D eigenvalue weighted by Gasteiger charge is 2.28. The summed E-state index contributed by atoms with van der Waals surface area (Å²) >= 11 is 6.26. The predicted molar refractivity (Wildman–Crippen MR) is 118 cm³/mol. The second kappa shape index (κ2) is 6.88. The smallest absolute Gasteiger partial charge is 0.310 e. The number of nitrogens with zero attached hydrogens (tertiary/aromatic N) is 5. The van der Waals surface area contributed by atoms with Crippen molar-refractivity contribution >= 4 is 34.4 Å². The summed E-state index contributed by atoms with van der Waals surface area (Å²) in [4.78, 5) is 33.1. The summed E-state index contributed by atoms with van der Waals surface area (Å²) in [6.07, 6.45) is 0. The van der Waals surface area contributed by atoms with Crippen molar-refractivity contribution in [2.45, 2.75) is 20.0 Å². The van der Waals surface area contributed by atoms with Gasteiger partial charge < -0.3 is 9.47 Å². The van der Waals surface area contributed by atoms with Gasteiger partial charge in [0.2, 0.25) is 5.95 Å². The number of halogens is 1. The minimum atomic E-state index is -0.411. The first-order valence-corrected chi connectivity index (χ1v) is 10.1. The fourth-order valence-corrected chi connectivity index (χ4v) is 4.25. The number of aromatic nitrogens is 4. The third kappa shape index (κ3) is 2.77. The Kier molecular flexibility index (Phi) is 4.29. The summed E-state index contributed by atoms with van der Waals surface area (Å²) in [5, 5.41) is 0.524. The van der Waals surface area contributed by atoms with E-state index in [-0.39, 0.29) is 12.1 Å². The van der Waals surface area contributed by atoms with Crippen molar-refractivity contribution in [1.29, 1.82) is 0 Å². The molecule has 3 heterocycles. The lowest BCUT2D eigenvalue weighted by Crippen LogP contribution is -2.40. The van der Waals surface area contributed by atoms with Crippen molar-refractivity contribution in [1.82, 2.24) is 18.7 Å². The number of imidazole rings is 1. The molecule has 7 nitrogen and oxygen atoms in total. The van der Waals surface area contributed by atoms with Crippen LogP contribution in [-0.2, 0) is 20.1 Å². The van der Waals surface area contributed by atoms with Gasteiger partial charge in [0.05, 0.1) is 6.54 Å². The molecule has 8 heteroatoms. The lowest BCUT2D eigenvalue weighted by molar-refractivity contribution is 0.652. The number of benzene rings is 2. The lowest BCUT2D eigenvalue weighted by Gasteiger charge is -2.16. The Labute approximate surface area is 177 Å². The van der Waals surface area contributed by atoms with Gasteiger partial charge in [0.1, 0.15) is 0 Å². The molecule has 0 atom stereocenters. The number of hydrogen-bond donors (Lipinski definition) is 0. The van der Waals surface area contributed by atoms with Gasteiger partial charge >= 0.3 is 5.69 Å². The summed E-state index contributed by atoms with van der Waals surface area (Å²) in [6.45, 7) is 3.50. The SMILES string of the molecule is Cc1cccc(N2CCn3c2nc2c3c(=O)n(Cc3ccccc3Cl)c(=O)n2C)c1. The number of rotatable bonds is 3. The molecule has 2 aromatic carbocycles. The molecule has 0 saturated heterocycles. The van der Waals surface area contributed by atoms with Gasteiger partial charge in [0.25, 0.3) is 5.56 Å². The van der Waals surface area contributed by atoms with E-state index < -0.39 is 5.69 Å². The van der Waals surface area contributed by atoms with Crippen LogP contribution in [0.5, 0.6) is 0 Å². The molecular formula is C22H20ClN5O2. The molecule has 0 aliphatic carbocycles. The van der Waals surface area contributed by atoms with Gasteiger partial charge in [-0.25, -0.2) is 4.79 Å². The van der Waals surface area contributed by atoms with E-state index >= 15 is 0 Å². The van der Waals surface area contributed by atoms with Crippen LogP contribution in [0, 0.1) is 6.92 Å². The molecule has 0 spiro atoms. The lowest BCUT2D eigenvalue weighted by atomic mass is 10.2. The standard InChI is InChI=1S/C22H20ClN5O2/c1-14-6-5-8-16(12-14)26-10-11-27-18-19(24-21(26)27)25(2)22(30)28(20(18)29)13-15-7-3-4-9-17(15)23/h3-9,12H,10-11,13H2,1-2H3. The first kappa shape index (κ1) is 18.7. The Bertz CT molecular complexity index is 1420. The van der Waals surface area contributed by atoms with Crippen LogP contribution < -0.4 is 16.1 Å². The van der Waals surface area contributed by atoms with E-state index in [1.165, 1.54) is 9.13 Å². The maximum atomic E-state index is 13.4. The molecule has 0 fully saturated rings. The van der Waals surface area contributed by atoms with Gasteiger partial charge in [-0.1, -0.05) is 41.9 Å². The Morgan fingerprint density at radius 2 is 1.87 bits per heavy atom. The van der Waals surface area contributed by atoms with E-state index in [9.17, 15) is 9.59 Å². The van der Waals surface area contributed by atoms with E-state index in [4.69, 9.17) is 11.6 Å². The zero-order chi connectivity index (χ0) is 21.0. The molecule has 1 aliphatic heterocycles. The summed E-state index contributed by atoms with van der Waals surface area (Å²) in [7, 11) is 1.65. The maximum Gasteiger partial charge on any atom is 0.332 e. The van der Waals surface area contributed by atoms with Crippen molar-refractivity contribution in [2.75, 3.05) is 11.4 Å². The second-order valence-electron chi connectivity index (χ2n) is 7.55. The summed E-state index contributed by atoms with van der Waals surface area (Å²) in [5.74, 6) is 0.679. The summed E-state index contributed by atoms with van der Waals surface area (Å²) in [6, 6.07) is 15.4. The normalized spacial score (nSPS) is 13.2. The molecule has 2 aromatic heterocycles. The van der Waals surface area contributed by atoms with Crippen LogP contribution in [0.1, 0.15) is 11.1 Å². The molecule has 0 saturated carbocycles. The molecule has 5 rings (SSSR count). The van der Waals surface area contributed by atoms with Crippen LogP contribution in [0.3, 0.4) is 0 Å². The van der Waals surface area contributed by atoms with Gasteiger partial charge in [-0.3, -0.25) is 13.9 Å². The highest BCUT2D eigenvalue weighted by molar-refractivity contribution is 6.31. The van der Waals surface area contributed by atoms with Gasteiger partial charge in [-0.05, 0) is 36.2 Å². The largest absolute Gasteiger partial charge is 0.332 e. The monoisotopic (exact) mass is 421 g/mol. The van der Waals surface area contributed by atoms with Crippen LogP contribution in [-0.4, -0.2) is 25.2 Å². The zero-order valence-electron chi connectivity index (χ0n) is 16.7. The molecule has 1 aliphatic rings. The maximum absolute atomic E-state index is 13.4. The van der Waals surface area contributed by atoms with Crippen molar-refractivity contribution < 1.29 is 0 Å². The van der Waals surface area contributed by atoms with Gasteiger partial charge in [-0.15, -0.1) is 0 Å². The third-order valence-corrected chi connectivity index (χ3v) is 5.97. The molecule has 4 aromatic rings.